The van der Waals surface area contributed by atoms with Gasteiger partial charge in [-0.3, -0.25) is 10.9 Å². The van der Waals surface area contributed by atoms with Crippen LogP contribution in [0.3, 0.4) is 0 Å². The number of nitrogens with zero attached hydrogens (tertiary/aromatic N) is 1. The van der Waals surface area contributed by atoms with Gasteiger partial charge in [0.15, 0.2) is 0 Å². The smallest absolute Gasteiger partial charge is 0.319 e. The lowest BCUT2D eigenvalue weighted by molar-refractivity contribution is 0.250. The van der Waals surface area contributed by atoms with Gasteiger partial charge < -0.3 is 10.6 Å². The zero-order chi connectivity index (χ0) is 19.2. The lowest BCUT2D eigenvalue weighted by atomic mass is 10.1. The second-order valence-corrected chi connectivity index (χ2v) is 7.95. The first-order valence-electron chi connectivity index (χ1n) is 9.36. The number of anilines is 1. The summed E-state index contributed by atoms with van der Waals surface area (Å²) in [5.74, 6) is 0.420. The molecule has 4 rings (SSSR count). The fourth-order valence-corrected chi connectivity index (χ4v) is 4.03. The normalized spacial score (nSPS) is 14.1. The van der Waals surface area contributed by atoms with Crippen molar-refractivity contribution in [1.29, 1.82) is 0 Å². The summed E-state index contributed by atoms with van der Waals surface area (Å²) >= 11 is 1.70. The van der Waals surface area contributed by atoms with Crippen molar-refractivity contribution in [3.63, 3.8) is 0 Å². The van der Waals surface area contributed by atoms with Gasteiger partial charge >= 0.3 is 6.03 Å². The van der Waals surface area contributed by atoms with Crippen molar-refractivity contribution in [2.24, 2.45) is 5.92 Å². The first-order valence-corrected chi connectivity index (χ1v) is 10.2. The number of urea groups is 1. The molecule has 2 amide bonds. The zero-order valence-electron chi connectivity index (χ0n) is 15.4. The Balaban J connectivity index is 1.32. The van der Waals surface area contributed by atoms with E-state index in [4.69, 9.17) is 0 Å². The second-order valence-electron chi connectivity index (χ2n) is 6.83. The summed E-state index contributed by atoms with van der Waals surface area (Å²) in [6.45, 7) is 2.39. The maximum Gasteiger partial charge on any atom is 0.319 e. The first kappa shape index (κ1) is 18.6. The Bertz CT molecular complexity index is 904. The highest BCUT2D eigenvalue weighted by Crippen LogP contribution is 2.27. The van der Waals surface area contributed by atoms with Crippen LogP contribution >= 0.6 is 11.3 Å². The Morgan fingerprint density at radius 1 is 1.07 bits per heavy atom. The van der Waals surface area contributed by atoms with E-state index in [1.54, 1.807) is 11.3 Å². The molecule has 6 nitrogen and oxygen atoms in total. The van der Waals surface area contributed by atoms with Gasteiger partial charge in [0, 0.05) is 54.3 Å². The third kappa shape index (κ3) is 4.95. The number of thiazole rings is 1. The molecule has 0 spiro atoms. The maximum absolute atomic E-state index is 12.0. The van der Waals surface area contributed by atoms with E-state index in [2.05, 4.69) is 50.7 Å². The molecule has 0 unspecified atom stereocenters. The van der Waals surface area contributed by atoms with Crippen LogP contribution in [0.2, 0.25) is 0 Å². The summed E-state index contributed by atoms with van der Waals surface area (Å²) in [6, 6.07) is 18.0. The van der Waals surface area contributed by atoms with Crippen LogP contribution in [-0.2, 0) is 6.42 Å². The molecule has 2 heterocycles. The fourth-order valence-electron chi connectivity index (χ4n) is 3.08. The van der Waals surface area contributed by atoms with Gasteiger partial charge in [0.05, 0.1) is 0 Å². The van der Waals surface area contributed by atoms with Crippen LogP contribution in [0.25, 0.3) is 10.6 Å². The van der Waals surface area contributed by atoms with Crippen molar-refractivity contribution in [3.05, 3.63) is 71.2 Å². The van der Waals surface area contributed by atoms with Crippen LogP contribution in [0.15, 0.2) is 60.8 Å². The predicted molar refractivity (Wildman–Crippen MR) is 113 cm³/mol. The first-order chi connectivity index (χ1) is 13.8. The van der Waals surface area contributed by atoms with E-state index in [1.165, 1.54) is 10.4 Å². The lowest BCUT2D eigenvalue weighted by Crippen LogP contribution is -2.34. The average molecular weight is 394 g/mol. The minimum absolute atomic E-state index is 0.181. The number of hydrogen-bond donors (Lipinski definition) is 4. The van der Waals surface area contributed by atoms with E-state index in [-0.39, 0.29) is 6.03 Å². The molecule has 0 radical (unpaired) electrons. The van der Waals surface area contributed by atoms with E-state index >= 15 is 0 Å². The molecule has 1 fully saturated rings. The lowest BCUT2D eigenvalue weighted by Gasteiger charge is -2.11. The molecule has 4 N–H and O–H groups in total. The molecule has 0 saturated carbocycles. The molecule has 144 valence electrons. The molecule has 0 atom stereocenters. The van der Waals surface area contributed by atoms with Gasteiger partial charge in [-0.15, -0.1) is 11.3 Å². The molecular weight excluding hydrogens is 370 g/mol. The van der Waals surface area contributed by atoms with E-state index in [0.717, 1.165) is 35.8 Å². The monoisotopic (exact) mass is 393 g/mol. The van der Waals surface area contributed by atoms with Crippen molar-refractivity contribution in [2.45, 2.75) is 6.42 Å². The Morgan fingerprint density at radius 3 is 2.57 bits per heavy atom. The van der Waals surface area contributed by atoms with Crippen molar-refractivity contribution in [1.82, 2.24) is 21.2 Å². The number of nitrogens with one attached hydrogen (secondary N) is 4. The third-order valence-electron chi connectivity index (χ3n) is 4.62. The van der Waals surface area contributed by atoms with E-state index < -0.39 is 0 Å². The van der Waals surface area contributed by atoms with Gasteiger partial charge in [0.2, 0.25) is 0 Å². The number of carbonyl (C=O) groups excluding carboxylic acids is 1. The average Bonchev–Trinajstić information content (AvgIpc) is 3.40. The summed E-state index contributed by atoms with van der Waals surface area (Å²) in [6.07, 6.45) is 2.84. The molecule has 2 aromatic carbocycles. The van der Waals surface area contributed by atoms with Crippen LogP contribution in [0.4, 0.5) is 10.5 Å². The van der Waals surface area contributed by atoms with Gasteiger partial charge in [-0.2, -0.15) is 0 Å². The molecule has 7 heteroatoms. The zero-order valence-corrected chi connectivity index (χ0v) is 16.3. The highest BCUT2D eigenvalue weighted by Gasteiger charge is 2.14. The number of hydrazine groups is 1. The Labute approximate surface area is 168 Å². The minimum Gasteiger partial charge on any atom is -0.337 e. The van der Waals surface area contributed by atoms with Crippen molar-refractivity contribution < 1.29 is 4.79 Å². The predicted octanol–water partition coefficient (Wildman–Crippen LogP) is 3.25. The summed E-state index contributed by atoms with van der Waals surface area (Å²) in [7, 11) is 0. The Kier molecular flexibility index (Phi) is 5.96. The third-order valence-corrected chi connectivity index (χ3v) is 5.67. The fraction of sp³-hybridized carbons (Fsp3) is 0.238. The SMILES string of the molecule is O=C(NCC1CNNC1)Nc1ccc(-c2ncc(Cc3ccccc3)s2)cc1. The number of carbonyl (C=O) groups is 1. The van der Waals surface area contributed by atoms with Crippen molar-refractivity contribution in [2.75, 3.05) is 25.0 Å². The number of rotatable bonds is 6. The highest BCUT2D eigenvalue weighted by molar-refractivity contribution is 7.15. The van der Waals surface area contributed by atoms with Crippen LogP contribution in [0.1, 0.15) is 10.4 Å². The van der Waals surface area contributed by atoms with E-state index in [0.29, 0.717) is 12.5 Å². The van der Waals surface area contributed by atoms with Gasteiger partial charge in [-0.1, -0.05) is 30.3 Å². The molecule has 0 aliphatic carbocycles. The number of benzene rings is 2. The van der Waals surface area contributed by atoms with Gasteiger partial charge in [0.1, 0.15) is 5.01 Å². The van der Waals surface area contributed by atoms with Gasteiger partial charge in [-0.05, 0) is 29.8 Å². The van der Waals surface area contributed by atoms with Gasteiger partial charge in [0.25, 0.3) is 0 Å². The molecule has 0 bridgehead atoms. The second kappa shape index (κ2) is 8.97. The molecular formula is C21H23N5OS. The standard InChI is InChI=1S/C21H23N5OS/c27-21(23-11-16-12-24-25-13-16)26-18-8-6-17(7-9-18)20-22-14-19(28-20)10-15-4-2-1-3-5-15/h1-9,14,16,24-25H,10-13H2,(H2,23,26,27). The van der Waals surface area contributed by atoms with Crippen molar-refractivity contribution >= 4 is 23.1 Å². The van der Waals surface area contributed by atoms with E-state index in [9.17, 15) is 4.79 Å². The summed E-state index contributed by atoms with van der Waals surface area (Å²) in [5.41, 5.74) is 9.22. The van der Waals surface area contributed by atoms with Crippen molar-refractivity contribution in [3.8, 4) is 10.6 Å². The summed E-state index contributed by atoms with van der Waals surface area (Å²) in [4.78, 5) is 17.8. The number of hydrogen-bond acceptors (Lipinski definition) is 5. The molecule has 1 aliphatic rings. The van der Waals surface area contributed by atoms with Crippen LogP contribution in [0, 0.1) is 5.92 Å². The van der Waals surface area contributed by atoms with Gasteiger partial charge in [-0.25, -0.2) is 9.78 Å². The summed E-state index contributed by atoms with van der Waals surface area (Å²) < 4.78 is 0. The van der Waals surface area contributed by atoms with Crippen LogP contribution < -0.4 is 21.5 Å². The Morgan fingerprint density at radius 2 is 1.82 bits per heavy atom. The molecule has 1 aliphatic heterocycles. The molecule has 3 aromatic rings. The number of aromatic nitrogens is 1. The molecule has 28 heavy (non-hydrogen) atoms. The quantitative estimate of drug-likeness (QED) is 0.518. The molecule has 1 aromatic heterocycles. The summed E-state index contributed by atoms with van der Waals surface area (Å²) in [5, 5.41) is 6.77. The molecule has 1 saturated heterocycles. The Hall–Kier alpha value is -2.74. The largest absolute Gasteiger partial charge is 0.337 e. The number of amides is 2. The van der Waals surface area contributed by atoms with Crippen LogP contribution in [-0.4, -0.2) is 30.6 Å². The maximum atomic E-state index is 12.0. The minimum atomic E-state index is -0.181. The van der Waals surface area contributed by atoms with Crippen LogP contribution in [0.5, 0.6) is 0 Å². The topological polar surface area (TPSA) is 78.1 Å². The highest BCUT2D eigenvalue weighted by atomic mass is 32.1. The van der Waals surface area contributed by atoms with E-state index in [1.807, 2.05) is 36.5 Å².